The molecule has 2 N–H and O–H groups in total. The van der Waals surface area contributed by atoms with Gasteiger partial charge in [-0.3, -0.25) is 4.79 Å². The molecular formula is C9H6BrClFNO. The molecule has 0 fully saturated rings. The minimum atomic E-state index is -0.633. The van der Waals surface area contributed by atoms with Crippen molar-refractivity contribution >= 4 is 39.5 Å². The largest absolute Gasteiger partial charge is 0.366 e. The van der Waals surface area contributed by atoms with Crippen LogP contribution in [0.4, 0.5) is 4.39 Å². The molecule has 0 heterocycles. The molecule has 0 atom stereocenters. The van der Waals surface area contributed by atoms with Crippen LogP contribution in [0, 0.1) is 5.82 Å². The van der Waals surface area contributed by atoms with Crippen LogP contribution in [0.25, 0.3) is 6.08 Å². The molecule has 14 heavy (non-hydrogen) atoms. The average Bonchev–Trinajstić information content (AvgIpc) is 2.01. The molecule has 0 spiro atoms. The summed E-state index contributed by atoms with van der Waals surface area (Å²) in [4.78, 5) is 10.4. The fourth-order valence-corrected chi connectivity index (χ4v) is 1.78. The molecule has 2 nitrogen and oxygen atoms in total. The predicted molar refractivity (Wildman–Crippen MR) is 57.3 cm³/mol. The third-order valence-electron chi connectivity index (χ3n) is 1.46. The van der Waals surface area contributed by atoms with Gasteiger partial charge in [0.05, 0.1) is 0 Å². The Morgan fingerprint density at radius 2 is 2.21 bits per heavy atom. The molecule has 0 aromatic heterocycles. The molecule has 0 aliphatic carbocycles. The Hall–Kier alpha value is -0.870. The van der Waals surface area contributed by atoms with Crippen molar-refractivity contribution in [3.05, 3.63) is 39.1 Å². The van der Waals surface area contributed by atoms with Crippen molar-refractivity contribution in [1.29, 1.82) is 0 Å². The van der Waals surface area contributed by atoms with Crippen molar-refractivity contribution < 1.29 is 9.18 Å². The minimum absolute atomic E-state index is 0.244. The summed E-state index contributed by atoms with van der Waals surface area (Å²) in [6.45, 7) is 0. The van der Waals surface area contributed by atoms with Gasteiger partial charge in [-0.1, -0.05) is 27.5 Å². The van der Waals surface area contributed by atoms with Gasteiger partial charge in [0.25, 0.3) is 0 Å². The van der Waals surface area contributed by atoms with E-state index in [0.29, 0.717) is 4.47 Å². The highest BCUT2D eigenvalue weighted by molar-refractivity contribution is 9.10. The Labute approximate surface area is 93.7 Å². The first-order valence-electron chi connectivity index (χ1n) is 3.63. The van der Waals surface area contributed by atoms with Gasteiger partial charge >= 0.3 is 0 Å². The van der Waals surface area contributed by atoms with Crippen LogP contribution in [0.2, 0.25) is 5.02 Å². The molecule has 1 aromatic carbocycles. The number of hydrogen-bond donors (Lipinski definition) is 1. The van der Waals surface area contributed by atoms with E-state index in [0.717, 1.165) is 12.1 Å². The van der Waals surface area contributed by atoms with Gasteiger partial charge in [-0.2, -0.15) is 0 Å². The van der Waals surface area contributed by atoms with E-state index in [9.17, 15) is 9.18 Å². The van der Waals surface area contributed by atoms with Crippen LogP contribution in [-0.4, -0.2) is 5.91 Å². The highest BCUT2D eigenvalue weighted by atomic mass is 79.9. The molecule has 1 rings (SSSR count). The third-order valence-corrected chi connectivity index (χ3v) is 2.33. The summed E-state index contributed by atoms with van der Waals surface area (Å²) in [6.07, 6.45) is 2.37. The summed E-state index contributed by atoms with van der Waals surface area (Å²) in [5.41, 5.74) is 5.12. The molecule has 0 unspecified atom stereocenters. The van der Waals surface area contributed by atoms with E-state index in [1.807, 2.05) is 0 Å². The van der Waals surface area contributed by atoms with Gasteiger partial charge in [-0.15, -0.1) is 0 Å². The first-order chi connectivity index (χ1) is 6.50. The second kappa shape index (κ2) is 4.57. The number of carbonyl (C=O) groups is 1. The van der Waals surface area contributed by atoms with E-state index in [4.69, 9.17) is 17.3 Å². The number of hydrogen-bond acceptors (Lipinski definition) is 1. The highest BCUT2D eigenvalue weighted by Gasteiger charge is 2.05. The number of benzene rings is 1. The SMILES string of the molecule is NC(=O)C=Cc1c(F)cc(Cl)cc1Br. The number of rotatable bonds is 2. The quantitative estimate of drug-likeness (QED) is 0.831. The van der Waals surface area contributed by atoms with E-state index >= 15 is 0 Å². The smallest absolute Gasteiger partial charge is 0.241 e. The highest BCUT2D eigenvalue weighted by Crippen LogP contribution is 2.25. The summed E-state index contributed by atoms with van der Waals surface area (Å²) in [7, 11) is 0. The van der Waals surface area contributed by atoms with Gasteiger partial charge in [0.2, 0.25) is 5.91 Å². The van der Waals surface area contributed by atoms with Crippen LogP contribution in [0.15, 0.2) is 22.7 Å². The number of primary amides is 1. The fourth-order valence-electron chi connectivity index (χ4n) is 0.878. The third kappa shape index (κ3) is 2.82. The first kappa shape index (κ1) is 11.2. The van der Waals surface area contributed by atoms with E-state index in [1.165, 1.54) is 12.1 Å². The maximum absolute atomic E-state index is 13.2. The lowest BCUT2D eigenvalue weighted by Gasteiger charge is -2.01. The second-order valence-corrected chi connectivity index (χ2v) is 3.81. The number of nitrogens with two attached hydrogens (primary N) is 1. The zero-order valence-electron chi connectivity index (χ0n) is 6.93. The Morgan fingerprint density at radius 3 is 2.71 bits per heavy atom. The molecule has 74 valence electrons. The summed E-state index contributed by atoms with van der Waals surface area (Å²) in [5, 5.41) is 0.283. The van der Waals surface area contributed by atoms with Crippen LogP contribution in [-0.2, 0) is 4.79 Å². The number of halogens is 3. The van der Waals surface area contributed by atoms with E-state index < -0.39 is 11.7 Å². The predicted octanol–water partition coefficient (Wildman–Crippen LogP) is 2.74. The monoisotopic (exact) mass is 277 g/mol. The van der Waals surface area contributed by atoms with Gasteiger partial charge in [0, 0.05) is 21.1 Å². The van der Waals surface area contributed by atoms with Crippen LogP contribution in [0.3, 0.4) is 0 Å². The normalized spacial score (nSPS) is 10.8. The molecule has 0 saturated carbocycles. The Bertz CT molecular complexity index is 383. The number of carbonyl (C=O) groups excluding carboxylic acids is 1. The van der Waals surface area contributed by atoms with E-state index in [2.05, 4.69) is 15.9 Å². The molecule has 5 heteroatoms. The van der Waals surface area contributed by atoms with Crippen LogP contribution in [0.5, 0.6) is 0 Å². The maximum atomic E-state index is 13.2. The molecule has 0 aliphatic heterocycles. The summed E-state index contributed by atoms with van der Waals surface area (Å²) < 4.78 is 13.7. The summed E-state index contributed by atoms with van der Waals surface area (Å²) in [5.74, 6) is -1.15. The lowest BCUT2D eigenvalue weighted by Crippen LogP contribution is -2.05. The minimum Gasteiger partial charge on any atom is -0.366 e. The summed E-state index contributed by atoms with van der Waals surface area (Å²) >= 11 is 8.72. The molecule has 1 aromatic rings. The Balaban J connectivity index is 3.15. The lowest BCUT2D eigenvalue weighted by atomic mass is 10.2. The Kier molecular flexibility index (Phi) is 3.66. The van der Waals surface area contributed by atoms with Gasteiger partial charge < -0.3 is 5.73 Å². The summed E-state index contributed by atoms with van der Waals surface area (Å²) in [6, 6.07) is 2.69. The van der Waals surface area contributed by atoms with Crippen molar-refractivity contribution in [1.82, 2.24) is 0 Å². The van der Waals surface area contributed by atoms with Crippen molar-refractivity contribution in [2.75, 3.05) is 0 Å². The molecule has 1 amide bonds. The van der Waals surface area contributed by atoms with Gasteiger partial charge in [-0.05, 0) is 18.2 Å². The number of amides is 1. The van der Waals surface area contributed by atoms with Crippen molar-refractivity contribution in [3.63, 3.8) is 0 Å². The zero-order chi connectivity index (χ0) is 10.7. The zero-order valence-corrected chi connectivity index (χ0v) is 9.27. The Morgan fingerprint density at radius 1 is 1.57 bits per heavy atom. The first-order valence-corrected chi connectivity index (χ1v) is 4.80. The topological polar surface area (TPSA) is 43.1 Å². The van der Waals surface area contributed by atoms with Crippen LogP contribution >= 0.6 is 27.5 Å². The molecular weight excluding hydrogens is 272 g/mol. The molecule has 0 saturated heterocycles. The van der Waals surface area contributed by atoms with Crippen LogP contribution in [0.1, 0.15) is 5.56 Å². The second-order valence-electron chi connectivity index (χ2n) is 2.52. The lowest BCUT2D eigenvalue weighted by molar-refractivity contribution is -0.113. The van der Waals surface area contributed by atoms with Gasteiger partial charge in [-0.25, -0.2) is 4.39 Å². The van der Waals surface area contributed by atoms with Crippen LogP contribution < -0.4 is 5.73 Å². The van der Waals surface area contributed by atoms with Gasteiger partial charge in [0.1, 0.15) is 5.82 Å². The molecule has 0 aliphatic rings. The van der Waals surface area contributed by atoms with Gasteiger partial charge in [0.15, 0.2) is 0 Å². The average molecular weight is 279 g/mol. The maximum Gasteiger partial charge on any atom is 0.241 e. The van der Waals surface area contributed by atoms with Crippen molar-refractivity contribution in [3.8, 4) is 0 Å². The van der Waals surface area contributed by atoms with Crippen molar-refractivity contribution in [2.45, 2.75) is 0 Å². The molecule has 0 bridgehead atoms. The van der Waals surface area contributed by atoms with E-state index in [1.54, 1.807) is 0 Å². The van der Waals surface area contributed by atoms with Crippen molar-refractivity contribution in [2.24, 2.45) is 5.73 Å². The fraction of sp³-hybridized carbons (Fsp3) is 0. The van der Waals surface area contributed by atoms with E-state index in [-0.39, 0.29) is 10.6 Å². The standard InChI is InChI=1S/C9H6BrClFNO/c10-7-3-5(11)4-8(12)6(7)1-2-9(13)14/h1-4H,(H2,13,14). The molecule has 0 radical (unpaired) electrons.